The van der Waals surface area contributed by atoms with E-state index in [0.717, 1.165) is 17.3 Å². The van der Waals surface area contributed by atoms with Gasteiger partial charge in [0.05, 0.1) is 11.7 Å². The number of rotatable bonds is 4. The summed E-state index contributed by atoms with van der Waals surface area (Å²) in [6.45, 7) is 5.60. The Morgan fingerprint density at radius 1 is 1.65 bits per heavy atom. The minimum atomic E-state index is -0.0733. The summed E-state index contributed by atoms with van der Waals surface area (Å²) in [5.41, 5.74) is 1.51. The van der Waals surface area contributed by atoms with E-state index in [1.165, 1.54) is 0 Å². The molecule has 1 unspecified atom stereocenters. The van der Waals surface area contributed by atoms with Gasteiger partial charge in [0.2, 0.25) is 0 Å². The predicted octanol–water partition coefficient (Wildman–Crippen LogP) is 2.26. The van der Waals surface area contributed by atoms with Crippen molar-refractivity contribution in [1.29, 1.82) is 0 Å². The van der Waals surface area contributed by atoms with Crippen molar-refractivity contribution >= 4 is 16.8 Å². The summed E-state index contributed by atoms with van der Waals surface area (Å²) in [6, 6.07) is 5.58. The third kappa shape index (κ3) is 2.53. The van der Waals surface area contributed by atoms with E-state index in [9.17, 15) is 4.79 Å². The van der Waals surface area contributed by atoms with E-state index in [2.05, 4.69) is 22.1 Å². The van der Waals surface area contributed by atoms with E-state index < -0.39 is 0 Å². The molecule has 0 aliphatic rings. The maximum Gasteiger partial charge on any atom is 0.251 e. The number of hydrogen-bond acceptors (Lipinski definition) is 2. The predicted molar refractivity (Wildman–Crippen MR) is 67.8 cm³/mol. The van der Waals surface area contributed by atoms with E-state index in [0.29, 0.717) is 5.56 Å². The Hall–Kier alpha value is -2.10. The van der Waals surface area contributed by atoms with Crippen LogP contribution in [0.4, 0.5) is 0 Å². The Balaban J connectivity index is 2.15. The zero-order chi connectivity index (χ0) is 12.3. The smallest absolute Gasteiger partial charge is 0.251 e. The molecule has 2 N–H and O–H groups in total. The number of aromatic amines is 1. The van der Waals surface area contributed by atoms with Gasteiger partial charge in [-0.15, -0.1) is 6.58 Å². The normalized spacial score (nSPS) is 12.3. The Kier molecular flexibility index (Phi) is 3.23. The van der Waals surface area contributed by atoms with Crippen molar-refractivity contribution in [2.75, 3.05) is 0 Å². The summed E-state index contributed by atoms with van der Waals surface area (Å²) in [5, 5.41) is 10.7. The van der Waals surface area contributed by atoms with Crippen LogP contribution in [0.1, 0.15) is 23.7 Å². The lowest BCUT2D eigenvalue weighted by molar-refractivity contribution is 0.0940. The first-order valence-corrected chi connectivity index (χ1v) is 5.55. The van der Waals surface area contributed by atoms with Gasteiger partial charge in [0.15, 0.2) is 0 Å². The molecule has 2 rings (SSSR count). The molecule has 2 aromatic rings. The van der Waals surface area contributed by atoms with Gasteiger partial charge in [0.1, 0.15) is 0 Å². The van der Waals surface area contributed by atoms with Gasteiger partial charge in [0.25, 0.3) is 5.91 Å². The van der Waals surface area contributed by atoms with Gasteiger partial charge in [-0.3, -0.25) is 9.89 Å². The summed E-state index contributed by atoms with van der Waals surface area (Å²) in [6.07, 6.45) is 4.29. The third-order valence-corrected chi connectivity index (χ3v) is 2.60. The van der Waals surface area contributed by atoms with Crippen molar-refractivity contribution in [3.63, 3.8) is 0 Å². The second-order valence-electron chi connectivity index (χ2n) is 4.07. The maximum absolute atomic E-state index is 11.9. The summed E-state index contributed by atoms with van der Waals surface area (Å²) in [4.78, 5) is 11.9. The Labute approximate surface area is 99.7 Å². The first-order chi connectivity index (χ1) is 8.20. The average molecular weight is 229 g/mol. The van der Waals surface area contributed by atoms with Gasteiger partial charge >= 0.3 is 0 Å². The fourth-order valence-corrected chi connectivity index (χ4v) is 1.69. The number of nitrogens with zero attached hydrogens (tertiary/aromatic N) is 1. The molecule has 1 aromatic carbocycles. The molecule has 88 valence electrons. The molecule has 0 aliphatic carbocycles. The topological polar surface area (TPSA) is 57.8 Å². The molecule has 0 fully saturated rings. The van der Waals surface area contributed by atoms with Gasteiger partial charge < -0.3 is 5.32 Å². The molecule has 0 saturated carbocycles. The molecule has 17 heavy (non-hydrogen) atoms. The lowest BCUT2D eigenvalue weighted by Gasteiger charge is -2.11. The van der Waals surface area contributed by atoms with Crippen LogP contribution in [0.3, 0.4) is 0 Å². The minimum absolute atomic E-state index is 0.0733. The van der Waals surface area contributed by atoms with Crippen molar-refractivity contribution < 1.29 is 4.79 Å². The van der Waals surface area contributed by atoms with Gasteiger partial charge in [-0.05, 0) is 25.5 Å². The van der Waals surface area contributed by atoms with Crippen LogP contribution < -0.4 is 5.32 Å². The molecule has 1 atom stereocenters. The zero-order valence-corrected chi connectivity index (χ0v) is 9.73. The van der Waals surface area contributed by atoms with E-state index in [1.54, 1.807) is 24.4 Å². The third-order valence-electron chi connectivity index (χ3n) is 2.60. The molecule has 1 aromatic heterocycles. The van der Waals surface area contributed by atoms with Crippen molar-refractivity contribution in [2.24, 2.45) is 0 Å². The Morgan fingerprint density at radius 3 is 3.24 bits per heavy atom. The van der Waals surface area contributed by atoms with E-state index in [-0.39, 0.29) is 11.9 Å². The summed E-state index contributed by atoms with van der Waals surface area (Å²) >= 11 is 0. The molecule has 1 heterocycles. The molecular weight excluding hydrogens is 214 g/mol. The van der Waals surface area contributed by atoms with Gasteiger partial charge in [-0.1, -0.05) is 12.1 Å². The van der Waals surface area contributed by atoms with E-state index in [4.69, 9.17) is 0 Å². The molecule has 0 saturated heterocycles. The standard InChI is InChI=1S/C13H15N3O/c1-3-4-9(2)15-13(17)10-5-6-11-8-14-16-12(11)7-10/h3,5-9H,1,4H2,2H3,(H,14,16)(H,15,17). The quantitative estimate of drug-likeness (QED) is 0.790. The molecule has 0 bridgehead atoms. The monoisotopic (exact) mass is 229 g/mol. The number of hydrogen-bond donors (Lipinski definition) is 2. The van der Waals surface area contributed by atoms with Crippen LogP contribution in [0.15, 0.2) is 37.1 Å². The molecule has 0 aliphatic heterocycles. The SMILES string of the molecule is C=CCC(C)NC(=O)c1ccc2cn[nH]c2c1. The highest BCUT2D eigenvalue weighted by Crippen LogP contribution is 2.12. The molecule has 1 amide bonds. The zero-order valence-electron chi connectivity index (χ0n) is 9.73. The number of nitrogens with one attached hydrogen (secondary N) is 2. The summed E-state index contributed by atoms with van der Waals surface area (Å²) in [7, 11) is 0. The van der Waals surface area contributed by atoms with Crippen LogP contribution in [0.25, 0.3) is 10.9 Å². The number of aromatic nitrogens is 2. The molecule has 4 heteroatoms. The lowest BCUT2D eigenvalue weighted by Crippen LogP contribution is -2.32. The number of carbonyl (C=O) groups excluding carboxylic acids is 1. The number of carbonyl (C=O) groups is 1. The van der Waals surface area contributed by atoms with Crippen LogP contribution in [0, 0.1) is 0 Å². The number of fused-ring (bicyclic) bond motifs is 1. The molecule has 0 spiro atoms. The number of amides is 1. The van der Waals surface area contributed by atoms with Crippen LogP contribution >= 0.6 is 0 Å². The Bertz CT molecular complexity index is 544. The van der Waals surface area contributed by atoms with Crippen LogP contribution in [-0.2, 0) is 0 Å². The highest BCUT2D eigenvalue weighted by atomic mass is 16.1. The van der Waals surface area contributed by atoms with Gasteiger partial charge in [-0.2, -0.15) is 5.10 Å². The number of H-pyrrole nitrogens is 1. The van der Waals surface area contributed by atoms with Crippen molar-refractivity contribution in [2.45, 2.75) is 19.4 Å². The fraction of sp³-hybridized carbons (Fsp3) is 0.231. The van der Waals surface area contributed by atoms with Crippen LogP contribution in [0.2, 0.25) is 0 Å². The maximum atomic E-state index is 11.9. The van der Waals surface area contributed by atoms with Gasteiger partial charge in [0, 0.05) is 17.0 Å². The Morgan fingerprint density at radius 2 is 2.47 bits per heavy atom. The highest BCUT2D eigenvalue weighted by Gasteiger charge is 2.09. The largest absolute Gasteiger partial charge is 0.349 e. The van der Waals surface area contributed by atoms with Crippen molar-refractivity contribution in [3.05, 3.63) is 42.6 Å². The van der Waals surface area contributed by atoms with Crippen LogP contribution in [-0.4, -0.2) is 22.1 Å². The molecule has 0 radical (unpaired) electrons. The van der Waals surface area contributed by atoms with Crippen molar-refractivity contribution in [1.82, 2.24) is 15.5 Å². The van der Waals surface area contributed by atoms with Crippen molar-refractivity contribution in [3.8, 4) is 0 Å². The second kappa shape index (κ2) is 4.82. The fourth-order valence-electron chi connectivity index (χ4n) is 1.69. The first-order valence-electron chi connectivity index (χ1n) is 5.55. The highest BCUT2D eigenvalue weighted by molar-refractivity contribution is 5.97. The molecular formula is C13H15N3O. The number of benzene rings is 1. The summed E-state index contributed by atoms with van der Waals surface area (Å²) < 4.78 is 0. The average Bonchev–Trinajstić information content (AvgIpc) is 2.75. The molecule has 4 nitrogen and oxygen atoms in total. The van der Waals surface area contributed by atoms with Gasteiger partial charge in [-0.25, -0.2) is 0 Å². The van der Waals surface area contributed by atoms with E-state index >= 15 is 0 Å². The van der Waals surface area contributed by atoms with Crippen LogP contribution in [0.5, 0.6) is 0 Å². The second-order valence-corrected chi connectivity index (χ2v) is 4.07. The lowest BCUT2D eigenvalue weighted by atomic mass is 10.1. The first kappa shape index (κ1) is 11.4. The summed E-state index contributed by atoms with van der Waals surface area (Å²) in [5.74, 6) is -0.0733. The van der Waals surface area contributed by atoms with E-state index in [1.807, 2.05) is 13.0 Å². The minimum Gasteiger partial charge on any atom is -0.349 e.